The van der Waals surface area contributed by atoms with Gasteiger partial charge in [-0.1, -0.05) is 41.5 Å². The lowest BCUT2D eigenvalue weighted by molar-refractivity contribution is 0.0388. The Morgan fingerprint density at radius 2 is 0.774 bits per heavy atom. The molecule has 0 aliphatic rings. The summed E-state index contributed by atoms with van der Waals surface area (Å²) in [6.07, 6.45) is 1.30. The summed E-state index contributed by atoms with van der Waals surface area (Å²) in [7, 11) is 3.59. The van der Waals surface area contributed by atoms with Crippen LogP contribution in [0.4, 0.5) is 0 Å². The molecule has 0 amide bonds. The van der Waals surface area contributed by atoms with E-state index in [-0.39, 0.29) is 48.4 Å². The molecule has 2 aromatic rings. The Kier molecular flexibility index (Phi) is 17.8. The molecule has 0 N–H and O–H groups in total. The maximum atomic E-state index is 12.8. The maximum absolute atomic E-state index is 12.8. The monoisotopic (exact) mass is 782 g/mol. The van der Waals surface area contributed by atoms with Crippen molar-refractivity contribution in [2.45, 2.75) is 89.6 Å². The van der Waals surface area contributed by atoms with E-state index in [1.54, 1.807) is 0 Å². The zero-order valence-corrected chi connectivity index (χ0v) is 36.3. The summed E-state index contributed by atoms with van der Waals surface area (Å²) in [5.74, 6) is 0.0314. The predicted molar refractivity (Wildman–Crippen MR) is 206 cm³/mol. The molecular weight excluding hydrogens is 721 g/mol. The van der Waals surface area contributed by atoms with Gasteiger partial charge in [-0.25, -0.2) is 9.59 Å². The van der Waals surface area contributed by atoms with E-state index in [0.29, 0.717) is 35.8 Å². The van der Waals surface area contributed by atoms with Gasteiger partial charge >= 0.3 is 11.9 Å². The Hall–Kier alpha value is -3.19. The Morgan fingerprint density at radius 3 is 0.981 bits per heavy atom. The standard InChI is InChI=1S/C38H62O13Si2/c1-37(2,3)52(13,17-15-27-19-29(47-23-41-7)33(35(39)45-11)30(20-27)48-24-42-8)51-53(14,38(4,5)6)18-16-28-21-31(49-25-43-9)34(36(40)46-12)32(22-28)50-26-44-10/h19-22H,15-18,23-26H2,1-14H3. The van der Waals surface area contributed by atoms with Crippen molar-refractivity contribution >= 4 is 28.6 Å². The molecule has 13 nitrogen and oxygen atoms in total. The lowest BCUT2D eigenvalue weighted by Gasteiger charge is -2.50. The number of methoxy groups -OCH3 is 6. The molecule has 0 radical (unpaired) electrons. The minimum atomic E-state index is -2.54. The number of carbonyl (C=O) groups is 2. The molecule has 0 heterocycles. The molecular formula is C38H62O13Si2. The van der Waals surface area contributed by atoms with Gasteiger partial charge in [0.05, 0.1) is 14.2 Å². The first kappa shape index (κ1) is 46.0. The molecule has 300 valence electrons. The smallest absolute Gasteiger partial charge is 0.345 e. The Labute approximate surface area is 318 Å². The first-order valence-corrected chi connectivity index (χ1v) is 22.8. The summed E-state index contributed by atoms with van der Waals surface area (Å²) in [5, 5.41) is -0.262. The summed E-state index contributed by atoms with van der Waals surface area (Å²) >= 11 is 0. The summed E-state index contributed by atoms with van der Waals surface area (Å²) in [5.41, 5.74) is 2.16. The van der Waals surface area contributed by atoms with Crippen molar-refractivity contribution in [2.75, 3.05) is 69.8 Å². The molecule has 0 aromatic heterocycles. The fourth-order valence-electron chi connectivity index (χ4n) is 5.55. The van der Waals surface area contributed by atoms with Gasteiger partial charge in [0.2, 0.25) is 0 Å². The zero-order valence-electron chi connectivity index (χ0n) is 34.3. The lowest BCUT2D eigenvalue weighted by Crippen LogP contribution is -2.57. The van der Waals surface area contributed by atoms with Crippen molar-refractivity contribution in [1.29, 1.82) is 0 Å². The topological polar surface area (TPSA) is 136 Å². The summed E-state index contributed by atoms with van der Waals surface area (Å²) in [4.78, 5) is 25.7. The molecule has 0 bridgehead atoms. The number of esters is 2. The van der Waals surface area contributed by atoms with E-state index in [9.17, 15) is 9.59 Å². The highest BCUT2D eigenvalue weighted by molar-refractivity contribution is 6.88. The molecule has 2 rings (SSSR count). The molecule has 0 fully saturated rings. The van der Waals surface area contributed by atoms with Crippen molar-refractivity contribution in [3.8, 4) is 23.0 Å². The van der Waals surface area contributed by atoms with Gasteiger partial charge in [0.1, 0.15) is 34.1 Å². The number of benzene rings is 2. The normalized spacial score (nSPS) is 14.2. The van der Waals surface area contributed by atoms with Gasteiger partial charge in [-0.3, -0.25) is 0 Å². The van der Waals surface area contributed by atoms with E-state index in [2.05, 4.69) is 54.6 Å². The van der Waals surface area contributed by atoms with Gasteiger partial charge in [-0.2, -0.15) is 0 Å². The third-order valence-electron chi connectivity index (χ3n) is 9.76. The zero-order chi connectivity index (χ0) is 40.0. The largest absolute Gasteiger partial charge is 0.467 e. The number of hydrogen-bond donors (Lipinski definition) is 0. The van der Waals surface area contributed by atoms with E-state index in [0.717, 1.165) is 23.2 Å². The minimum absolute atomic E-state index is 0.0598. The van der Waals surface area contributed by atoms with Crippen LogP contribution < -0.4 is 18.9 Å². The second-order valence-electron chi connectivity index (χ2n) is 15.2. The molecule has 2 unspecified atom stereocenters. The van der Waals surface area contributed by atoms with Gasteiger partial charge in [0.25, 0.3) is 0 Å². The molecule has 0 aliphatic carbocycles. The third-order valence-corrected chi connectivity index (χ3v) is 22.1. The first-order valence-electron chi connectivity index (χ1n) is 17.5. The number of aryl methyl sites for hydroxylation is 2. The van der Waals surface area contributed by atoms with Crippen LogP contribution in [0.25, 0.3) is 0 Å². The van der Waals surface area contributed by atoms with Crippen molar-refractivity contribution in [3.05, 3.63) is 46.5 Å². The molecule has 15 heteroatoms. The highest BCUT2D eigenvalue weighted by Crippen LogP contribution is 2.49. The average Bonchev–Trinajstić information content (AvgIpc) is 3.10. The van der Waals surface area contributed by atoms with Crippen LogP contribution >= 0.6 is 0 Å². The molecule has 0 saturated heterocycles. The fraction of sp³-hybridized carbons (Fsp3) is 0.632. The first-order chi connectivity index (χ1) is 24.8. The third kappa shape index (κ3) is 12.4. The molecule has 53 heavy (non-hydrogen) atoms. The van der Waals surface area contributed by atoms with E-state index in [4.69, 9.17) is 51.5 Å². The van der Waals surface area contributed by atoms with Gasteiger partial charge in [0, 0.05) is 28.4 Å². The SMILES string of the molecule is COCOc1cc(CC[Si](C)(O[Si](C)(CCc2cc(OCOC)c(C(=O)OC)c(OCOC)c2)C(C)(C)C)C(C)(C)C)cc(OCOC)c1C(=O)OC. The van der Waals surface area contributed by atoms with Crippen molar-refractivity contribution in [2.24, 2.45) is 0 Å². The quantitative estimate of drug-likeness (QED) is 0.0655. The second-order valence-corrected chi connectivity index (χ2v) is 24.9. The van der Waals surface area contributed by atoms with Crippen LogP contribution in [0.3, 0.4) is 0 Å². The highest BCUT2D eigenvalue weighted by atomic mass is 28.4. The van der Waals surface area contributed by atoms with Crippen LogP contribution in [-0.4, -0.2) is 98.4 Å². The van der Waals surface area contributed by atoms with Gasteiger partial charge < -0.3 is 51.5 Å². The van der Waals surface area contributed by atoms with Crippen LogP contribution in [0.5, 0.6) is 23.0 Å². The average molecular weight is 783 g/mol. The van der Waals surface area contributed by atoms with Crippen LogP contribution in [0, 0.1) is 0 Å². The maximum Gasteiger partial charge on any atom is 0.345 e. The predicted octanol–water partition coefficient (Wildman–Crippen LogP) is 7.74. The van der Waals surface area contributed by atoms with Gasteiger partial charge in [-0.15, -0.1) is 0 Å². The van der Waals surface area contributed by atoms with E-state index >= 15 is 0 Å². The van der Waals surface area contributed by atoms with E-state index in [1.807, 2.05) is 24.3 Å². The van der Waals surface area contributed by atoms with Crippen LogP contribution in [0.15, 0.2) is 24.3 Å². The number of rotatable bonds is 22. The highest BCUT2D eigenvalue weighted by Gasteiger charge is 2.51. The molecule has 2 aromatic carbocycles. The molecule has 0 spiro atoms. The summed E-state index contributed by atoms with van der Waals surface area (Å²) < 4.78 is 61.7. The Morgan fingerprint density at radius 1 is 0.509 bits per heavy atom. The number of hydrogen-bond acceptors (Lipinski definition) is 13. The van der Waals surface area contributed by atoms with Crippen LogP contribution in [-0.2, 0) is 45.4 Å². The minimum Gasteiger partial charge on any atom is -0.467 e. The Bertz CT molecular complexity index is 1320. The lowest BCUT2D eigenvalue weighted by atomic mass is 10.1. The van der Waals surface area contributed by atoms with E-state index in [1.165, 1.54) is 42.7 Å². The van der Waals surface area contributed by atoms with Gasteiger partial charge in [0.15, 0.2) is 43.8 Å². The number of carbonyl (C=O) groups excluding carboxylic acids is 2. The second kappa shape index (κ2) is 20.5. The number of ether oxygens (including phenoxy) is 10. The van der Waals surface area contributed by atoms with Crippen molar-refractivity contribution < 1.29 is 61.1 Å². The van der Waals surface area contributed by atoms with E-state index < -0.39 is 28.6 Å². The molecule has 2 atom stereocenters. The van der Waals surface area contributed by atoms with Crippen LogP contribution in [0.1, 0.15) is 73.4 Å². The van der Waals surface area contributed by atoms with Crippen LogP contribution in [0.2, 0.25) is 35.3 Å². The molecule has 0 aliphatic heterocycles. The van der Waals surface area contributed by atoms with Crippen molar-refractivity contribution in [3.63, 3.8) is 0 Å². The summed E-state index contributed by atoms with van der Waals surface area (Å²) in [6.45, 7) is 17.9. The fourth-order valence-corrected chi connectivity index (χ4v) is 15.8. The Balaban J connectivity index is 2.56. The van der Waals surface area contributed by atoms with Crippen molar-refractivity contribution in [1.82, 2.24) is 0 Å². The van der Waals surface area contributed by atoms with Gasteiger partial charge in [-0.05, 0) is 83.5 Å². The summed E-state index contributed by atoms with van der Waals surface area (Å²) in [6, 6.07) is 8.94. The molecule has 0 saturated carbocycles.